The van der Waals surface area contributed by atoms with Crippen molar-refractivity contribution in [2.24, 2.45) is 0 Å². The summed E-state index contributed by atoms with van der Waals surface area (Å²) in [4.78, 5) is 12.0. The first kappa shape index (κ1) is 14.5. The number of carboxylic acid groups (broad SMARTS) is 1. The van der Waals surface area contributed by atoms with Crippen LogP contribution in [0.1, 0.15) is 29.9 Å². The van der Waals surface area contributed by atoms with Crippen molar-refractivity contribution >= 4 is 6.09 Å². The van der Waals surface area contributed by atoms with E-state index in [-0.39, 0.29) is 5.92 Å². The predicted octanol–water partition coefficient (Wildman–Crippen LogP) is 3.27. The van der Waals surface area contributed by atoms with E-state index in [0.29, 0.717) is 31.5 Å². The van der Waals surface area contributed by atoms with E-state index in [1.165, 1.54) is 11.0 Å². The Morgan fingerprint density at radius 3 is 2.35 bits per heavy atom. The zero-order valence-corrected chi connectivity index (χ0v) is 10.5. The maximum absolute atomic E-state index is 12.7. The van der Waals surface area contributed by atoms with Crippen LogP contribution in [0.2, 0.25) is 0 Å². The number of hydrogen-bond donors (Lipinski definition) is 2. The molecule has 110 valence electrons. The molecule has 1 amide bonds. The number of nitrogens with zero attached hydrogens (tertiary/aromatic N) is 1. The van der Waals surface area contributed by atoms with Gasteiger partial charge in [-0.1, -0.05) is 6.07 Å². The lowest BCUT2D eigenvalue weighted by Crippen LogP contribution is -2.36. The molecule has 0 unspecified atom stereocenters. The van der Waals surface area contributed by atoms with E-state index in [4.69, 9.17) is 5.11 Å². The third-order valence-corrected chi connectivity index (χ3v) is 3.56. The maximum atomic E-state index is 12.7. The first-order valence-electron chi connectivity index (χ1n) is 6.17. The molecule has 0 atom stereocenters. The fourth-order valence-electron chi connectivity index (χ4n) is 2.44. The van der Waals surface area contributed by atoms with Crippen molar-refractivity contribution in [3.8, 4) is 5.75 Å². The highest BCUT2D eigenvalue weighted by Crippen LogP contribution is 2.38. The lowest BCUT2D eigenvalue weighted by molar-refractivity contribution is -0.138. The molecule has 4 nitrogen and oxygen atoms in total. The molecule has 0 aromatic heterocycles. The zero-order chi connectivity index (χ0) is 14.9. The Balaban J connectivity index is 2.17. The minimum atomic E-state index is -4.60. The van der Waals surface area contributed by atoms with Crippen LogP contribution in [0, 0.1) is 0 Å². The predicted molar refractivity (Wildman–Crippen MR) is 64.7 cm³/mol. The summed E-state index contributed by atoms with van der Waals surface area (Å²) in [7, 11) is 0. The quantitative estimate of drug-likeness (QED) is 0.834. The molecular formula is C13H14F3NO3. The third kappa shape index (κ3) is 2.97. The Morgan fingerprint density at radius 2 is 1.85 bits per heavy atom. The molecule has 1 aromatic rings. The number of phenolic OH excluding ortho intramolecular Hbond substituents is 1. The summed E-state index contributed by atoms with van der Waals surface area (Å²) in [5, 5.41) is 18.1. The number of piperidine rings is 1. The van der Waals surface area contributed by atoms with E-state index < -0.39 is 23.6 Å². The summed E-state index contributed by atoms with van der Waals surface area (Å²) in [6.07, 6.45) is -4.64. The highest BCUT2D eigenvalue weighted by Gasteiger charge is 2.35. The van der Waals surface area contributed by atoms with E-state index in [1.807, 2.05) is 0 Å². The summed E-state index contributed by atoms with van der Waals surface area (Å²) in [5.41, 5.74) is -0.559. The Bertz CT molecular complexity index is 508. The van der Waals surface area contributed by atoms with E-state index in [9.17, 15) is 23.1 Å². The second-order valence-electron chi connectivity index (χ2n) is 4.82. The van der Waals surface area contributed by atoms with Gasteiger partial charge in [-0.3, -0.25) is 0 Å². The SMILES string of the molecule is O=C(O)N1CCC(c2ccc(O)c(C(F)(F)F)c2)CC1. The molecule has 2 rings (SSSR count). The molecule has 2 N–H and O–H groups in total. The first-order chi connectivity index (χ1) is 9.29. The standard InChI is InChI=1S/C13H14F3NO3/c14-13(15,16)10-7-9(1-2-11(10)18)8-3-5-17(6-4-8)12(19)20/h1-2,7-8,18H,3-6H2,(H,19,20). The van der Waals surface area contributed by atoms with Crippen LogP contribution in [0.3, 0.4) is 0 Å². The minimum Gasteiger partial charge on any atom is -0.507 e. The number of rotatable bonds is 1. The molecule has 0 radical (unpaired) electrons. The molecule has 1 aliphatic rings. The topological polar surface area (TPSA) is 60.8 Å². The molecule has 0 aliphatic carbocycles. The lowest BCUT2D eigenvalue weighted by Gasteiger charge is -2.30. The van der Waals surface area contributed by atoms with Crippen molar-refractivity contribution in [1.82, 2.24) is 4.90 Å². The Hall–Kier alpha value is -1.92. The van der Waals surface area contributed by atoms with Gasteiger partial charge in [0, 0.05) is 13.1 Å². The second-order valence-corrected chi connectivity index (χ2v) is 4.82. The minimum absolute atomic E-state index is 0.118. The summed E-state index contributed by atoms with van der Waals surface area (Å²) in [6.45, 7) is 0.616. The van der Waals surface area contributed by atoms with Gasteiger partial charge >= 0.3 is 12.3 Å². The molecule has 20 heavy (non-hydrogen) atoms. The van der Waals surface area contributed by atoms with Gasteiger partial charge in [0.25, 0.3) is 0 Å². The molecule has 0 spiro atoms. The fraction of sp³-hybridized carbons (Fsp3) is 0.462. The van der Waals surface area contributed by atoms with Gasteiger partial charge in [-0.05, 0) is 36.5 Å². The first-order valence-corrected chi connectivity index (χ1v) is 6.17. The summed E-state index contributed by atoms with van der Waals surface area (Å²) in [6, 6.07) is 3.46. The van der Waals surface area contributed by atoms with Gasteiger partial charge in [-0.15, -0.1) is 0 Å². The number of phenols is 1. The average Bonchev–Trinajstić information content (AvgIpc) is 2.38. The zero-order valence-electron chi connectivity index (χ0n) is 10.5. The van der Waals surface area contributed by atoms with Gasteiger partial charge < -0.3 is 15.1 Å². The number of aromatic hydroxyl groups is 1. The van der Waals surface area contributed by atoms with Gasteiger partial charge in [0.15, 0.2) is 0 Å². The van der Waals surface area contributed by atoms with Gasteiger partial charge in [0.1, 0.15) is 5.75 Å². The van der Waals surface area contributed by atoms with Crippen LogP contribution in [-0.4, -0.2) is 34.3 Å². The van der Waals surface area contributed by atoms with Crippen molar-refractivity contribution in [1.29, 1.82) is 0 Å². The molecular weight excluding hydrogens is 275 g/mol. The van der Waals surface area contributed by atoms with Crippen LogP contribution in [-0.2, 0) is 6.18 Å². The largest absolute Gasteiger partial charge is 0.507 e. The van der Waals surface area contributed by atoms with Crippen molar-refractivity contribution in [2.45, 2.75) is 24.9 Å². The van der Waals surface area contributed by atoms with Crippen molar-refractivity contribution in [2.75, 3.05) is 13.1 Å². The highest BCUT2D eigenvalue weighted by atomic mass is 19.4. The van der Waals surface area contributed by atoms with E-state index in [0.717, 1.165) is 12.1 Å². The van der Waals surface area contributed by atoms with Crippen LogP contribution in [0.5, 0.6) is 5.75 Å². The van der Waals surface area contributed by atoms with Crippen LogP contribution >= 0.6 is 0 Å². The molecule has 0 saturated carbocycles. The smallest absolute Gasteiger partial charge is 0.419 e. The van der Waals surface area contributed by atoms with Crippen molar-refractivity contribution < 1.29 is 28.2 Å². The average molecular weight is 289 g/mol. The van der Waals surface area contributed by atoms with Crippen LogP contribution < -0.4 is 0 Å². The third-order valence-electron chi connectivity index (χ3n) is 3.56. The number of amides is 1. The number of carbonyl (C=O) groups is 1. The van der Waals surface area contributed by atoms with Crippen molar-refractivity contribution in [3.05, 3.63) is 29.3 Å². The maximum Gasteiger partial charge on any atom is 0.419 e. The Morgan fingerprint density at radius 1 is 1.25 bits per heavy atom. The molecule has 1 aliphatic heterocycles. The van der Waals surface area contributed by atoms with Crippen LogP contribution in [0.25, 0.3) is 0 Å². The van der Waals surface area contributed by atoms with Crippen molar-refractivity contribution in [3.63, 3.8) is 0 Å². The Kier molecular flexibility index (Phi) is 3.78. The van der Waals surface area contributed by atoms with E-state index in [1.54, 1.807) is 0 Å². The van der Waals surface area contributed by atoms with E-state index >= 15 is 0 Å². The van der Waals surface area contributed by atoms with Gasteiger partial charge in [0.05, 0.1) is 5.56 Å². The van der Waals surface area contributed by atoms with Gasteiger partial charge in [-0.2, -0.15) is 13.2 Å². The number of alkyl halides is 3. The lowest BCUT2D eigenvalue weighted by atomic mass is 9.88. The van der Waals surface area contributed by atoms with Crippen LogP contribution in [0.4, 0.5) is 18.0 Å². The summed E-state index contributed by atoms with van der Waals surface area (Å²) < 4.78 is 38.2. The van der Waals surface area contributed by atoms with Crippen LogP contribution in [0.15, 0.2) is 18.2 Å². The summed E-state index contributed by atoms with van der Waals surface area (Å²) in [5.74, 6) is -0.906. The molecule has 1 saturated heterocycles. The molecule has 7 heteroatoms. The summed E-state index contributed by atoms with van der Waals surface area (Å²) >= 11 is 0. The van der Waals surface area contributed by atoms with Gasteiger partial charge in [-0.25, -0.2) is 4.79 Å². The normalized spacial score (nSPS) is 17.2. The number of halogens is 3. The number of benzene rings is 1. The number of hydrogen-bond acceptors (Lipinski definition) is 2. The fourth-order valence-corrected chi connectivity index (χ4v) is 2.44. The monoisotopic (exact) mass is 289 g/mol. The molecule has 0 bridgehead atoms. The van der Waals surface area contributed by atoms with Gasteiger partial charge in [0.2, 0.25) is 0 Å². The highest BCUT2D eigenvalue weighted by molar-refractivity contribution is 5.65. The molecule has 1 fully saturated rings. The molecule has 1 aromatic carbocycles. The second kappa shape index (κ2) is 5.22. The molecule has 1 heterocycles. The Labute approximate surface area is 113 Å². The van der Waals surface area contributed by atoms with E-state index in [2.05, 4.69) is 0 Å². The number of likely N-dealkylation sites (tertiary alicyclic amines) is 1.